The van der Waals surface area contributed by atoms with E-state index in [1.54, 1.807) is 9.75 Å². The highest BCUT2D eigenvalue weighted by Gasteiger charge is 2.25. The molecule has 0 radical (unpaired) electrons. The van der Waals surface area contributed by atoms with Crippen LogP contribution in [0.2, 0.25) is 0 Å². The lowest BCUT2D eigenvalue weighted by molar-refractivity contribution is 0.890. The Morgan fingerprint density at radius 2 is 2.09 bits per heavy atom. The first kappa shape index (κ1) is 7.35. The highest BCUT2D eigenvalue weighted by molar-refractivity contribution is 7.12. The van der Waals surface area contributed by atoms with Gasteiger partial charge in [0.25, 0.3) is 0 Å². The standard InChI is InChI=1S/C10H14S/c1-7(2)9-5-6-10(11-9)8-3-4-8/h5-8H,3-4H2,1-2H3. The van der Waals surface area contributed by atoms with Crippen molar-refractivity contribution in [1.82, 2.24) is 0 Å². The van der Waals surface area contributed by atoms with Gasteiger partial charge in [-0.15, -0.1) is 11.3 Å². The van der Waals surface area contributed by atoms with E-state index in [2.05, 4.69) is 26.0 Å². The molecule has 0 amide bonds. The second kappa shape index (κ2) is 2.63. The molecule has 1 aliphatic rings. The summed E-state index contributed by atoms with van der Waals surface area (Å²) >= 11 is 2.01. The summed E-state index contributed by atoms with van der Waals surface area (Å²) in [4.78, 5) is 3.17. The highest BCUT2D eigenvalue weighted by Crippen LogP contribution is 2.44. The van der Waals surface area contributed by atoms with Crippen molar-refractivity contribution < 1.29 is 0 Å². The summed E-state index contributed by atoms with van der Waals surface area (Å²) < 4.78 is 0. The molecule has 1 aromatic heterocycles. The maximum atomic E-state index is 2.32. The van der Waals surface area contributed by atoms with Gasteiger partial charge in [-0.05, 0) is 36.8 Å². The fraction of sp³-hybridized carbons (Fsp3) is 0.600. The maximum absolute atomic E-state index is 2.32. The van der Waals surface area contributed by atoms with Crippen molar-refractivity contribution in [3.63, 3.8) is 0 Å². The lowest BCUT2D eigenvalue weighted by atomic mass is 10.2. The SMILES string of the molecule is CC(C)c1ccc(C2CC2)s1. The van der Waals surface area contributed by atoms with Crippen molar-refractivity contribution in [3.05, 3.63) is 21.9 Å². The van der Waals surface area contributed by atoms with E-state index in [4.69, 9.17) is 0 Å². The molecule has 1 aromatic rings. The smallest absolute Gasteiger partial charge is 0.00792 e. The Hall–Kier alpha value is -0.300. The van der Waals surface area contributed by atoms with E-state index in [0.717, 1.165) is 5.92 Å². The second-order valence-electron chi connectivity index (χ2n) is 3.67. The molecule has 1 aliphatic carbocycles. The first-order valence-electron chi connectivity index (χ1n) is 4.37. The molecular weight excluding hydrogens is 152 g/mol. The third-order valence-corrected chi connectivity index (χ3v) is 3.74. The first-order chi connectivity index (χ1) is 5.27. The van der Waals surface area contributed by atoms with Gasteiger partial charge in [-0.1, -0.05) is 13.8 Å². The van der Waals surface area contributed by atoms with Crippen molar-refractivity contribution in [2.24, 2.45) is 0 Å². The van der Waals surface area contributed by atoms with Crippen LogP contribution in [0.5, 0.6) is 0 Å². The van der Waals surface area contributed by atoms with E-state index in [0.29, 0.717) is 5.92 Å². The Balaban J connectivity index is 2.18. The molecule has 60 valence electrons. The fourth-order valence-electron chi connectivity index (χ4n) is 1.27. The topological polar surface area (TPSA) is 0 Å². The molecule has 11 heavy (non-hydrogen) atoms. The minimum absolute atomic E-state index is 0.715. The normalized spacial score (nSPS) is 17.7. The number of hydrogen-bond acceptors (Lipinski definition) is 1. The minimum Gasteiger partial charge on any atom is -0.145 e. The Bertz CT molecular complexity index is 227. The third kappa shape index (κ3) is 1.48. The van der Waals surface area contributed by atoms with Crippen LogP contribution in [0.4, 0.5) is 0 Å². The Morgan fingerprint density at radius 1 is 1.36 bits per heavy atom. The van der Waals surface area contributed by atoms with E-state index in [-0.39, 0.29) is 0 Å². The van der Waals surface area contributed by atoms with Crippen LogP contribution in [0.3, 0.4) is 0 Å². The summed E-state index contributed by atoms with van der Waals surface area (Å²) in [6, 6.07) is 4.61. The van der Waals surface area contributed by atoms with Crippen LogP contribution >= 0.6 is 11.3 Å². The monoisotopic (exact) mass is 166 g/mol. The molecule has 0 bridgehead atoms. The van der Waals surface area contributed by atoms with Crippen LogP contribution in [0.1, 0.15) is 48.3 Å². The second-order valence-corrected chi connectivity index (χ2v) is 4.82. The van der Waals surface area contributed by atoms with Gasteiger partial charge >= 0.3 is 0 Å². The van der Waals surface area contributed by atoms with Gasteiger partial charge in [0.1, 0.15) is 0 Å². The lowest BCUT2D eigenvalue weighted by Gasteiger charge is -1.97. The molecule has 0 aromatic carbocycles. The lowest BCUT2D eigenvalue weighted by Crippen LogP contribution is -1.77. The quantitative estimate of drug-likeness (QED) is 0.627. The van der Waals surface area contributed by atoms with Crippen LogP contribution < -0.4 is 0 Å². The molecule has 0 unspecified atom stereocenters. The molecule has 0 aliphatic heterocycles. The molecule has 1 heterocycles. The molecule has 0 N–H and O–H groups in total. The van der Waals surface area contributed by atoms with Crippen molar-refractivity contribution in [3.8, 4) is 0 Å². The van der Waals surface area contributed by atoms with Crippen molar-refractivity contribution >= 4 is 11.3 Å². The summed E-state index contributed by atoms with van der Waals surface area (Å²) in [5, 5.41) is 0. The van der Waals surface area contributed by atoms with Gasteiger partial charge < -0.3 is 0 Å². The van der Waals surface area contributed by atoms with Gasteiger partial charge in [0, 0.05) is 9.75 Å². The molecule has 0 atom stereocenters. The van der Waals surface area contributed by atoms with Crippen LogP contribution in [0.25, 0.3) is 0 Å². The van der Waals surface area contributed by atoms with Gasteiger partial charge in [-0.2, -0.15) is 0 Å². The minimum atomic E-state index is 0.715. The summed E-state index contributed by atoms with van der Waals surface area (Å²) in [5.74, 6) is 1.65. The van der Waals surface area contributed by atoms with Crippen molar-refractivity contribution in [1.29, 1.82) is 0 Å². The molecule has 0 saturated heterocycles. The average Bonchev–Trinajstić information content (AvgIpc) is 2.68. The van der Waals surface area contributed by atoms with E-state index in [1.807, 2.05) is 11.3 Å². The van der Waals surface area contributed by atoms with Crippen LogP contribution in [-0.4, -0.2) is 0 Å². The summed E-state index contributed by atoms with van der Waals surface area (Å²) in [5.41, 5.74) is 0. The highest BCUT2D eigenvalue weighted by atomic mass is 32.1. The molecular formula is C10H14S. The summed E-state index contributed by atoms with van der Waals surface area (Å²) in [6.45, 7) is 4.53. The van der Waals surface area contributed by atoms with Crippen LogP contribution in [0.15, 0.2) is 12.1 Å². The molecule has 1 fully saturated rings. The fourth-order valence-corrected chi connectivity index (χ4v) is 2.45. The predicted molar refractivity (Wildman–Crippen MR) is 50.4 cm³/mol. The zero-order valence-electron chi connectivity index (χ0n) is 7.13. The van der Waals surface area contributed by atoms with Crippen LogP contribution in [0, 0.1) is 0 Å². The number of rotatable bonds is 2. The van der Waals surface area contributed by atoms with E-state index >= 15 is 0 Å². The number of hydrogen-bond donors (Lipinski definition) is 0. The van der Waals surface area contributed by atoms with Gasteiger partial charge in [-0.3, -0.25) is 0 Å². The number of thiophene rings is 1. The molecule has 0 spiro atoms. The van der Waals surface area contributed by atoms with E-state index in [1.165, 1.54) is 12.8 Å². The molecule has 1 heteroatoms. The Kier molecular flexibility index (Phi) is 1.76. The van der Waals surface area contributed by atoms with Gasteiger partial charge in [0.2, 0.25) is 0 Å². The van der Waals surface area contributed by atoms with E-state index < -0.39 is 0 Å². The van der Waals surface area contributed by atoms with Gasteiger partial charge in [-0.25, -0.2) is 0 Å². The first-order valence-corrected chi connectivity index (χ1v) is 5.18. The average molecular weight is 166 g/mol. The van der Waals surface area contributed by atoms with Gasteiger partial charge in [0.15, 0.2) is 0 Å². The molecule has 2 rings (SSSR count). The third-order valence-electron chi connectivity index (χ3n) is 2.20. The zero-order chi connectivity index (χ0) is 7.84. The maximum Gasteiger partial charge on any atom is 0.00792 e. The Morgan fingerprint density at radius 3 is 2.55 bits per heavy atom. The van der Waals surface area contributed by atoms with Crippen LogP contribution in [-0.2, 0) is 0 Å². The molecule has 1 saturated carbocycles. The van der Waals surface area contributed by atoms with E-state index in [9.17, 15) is 0 Å². The van der Waals surface area contributed by atoms with Gasteiger partial charge in [0.05, 0.1) is 0 Å². The summed E-state index contributed by atoms with van der Waals surface area (Å²) in [7, 11) is 0. The predicted octanol–water partition coefficient (Wildman–Crippen LogP) is 3.75. The Labute approximate surface area is 72.3 Å². The van der Waals surface area contributed by atoms with Crippen molar-refractivity contribution in [2.45, 2.75) is 38.5 Å². The van der Waals surface area contributed by atoms with Crippen molar-refractivity contribution in [2.75, 3.05) is 0 Å². The zero-order valence-corrected chi connectivity index (χ0v) is 7.95. The molecule has 0 nitrogen and oxygen atoms in total. The largest absolute Gasteiger partial charge is 0.145 e. The summed E-state index contributed by atoms with van der Waals surface area (Å²) in [6.07, 6.45) is 2.86.